The maximum atomic E-state index is 13.0. The van der Waals surface area contributed by atoms with E-state index in [0.29, 0.717) is 19.0 Å². The molecule has 0 bridgehead atoms. The van der Waals surface area contributed by atoms with E-state index < -0.39 is 0 Å². The van der Waals surface area contributed by atoms with Gasteiger partial charge in [0.05, 0.1) is 16.7 Å². The van der Waals surface area contributed by atoms with E-state index in [1.54, 1.807) is 0 Å². The van der Waals surface area contributed by atoms with Crippen molar-refractivity contribution in [2.24, 2.45) is 0 Å². The minimum absolute atomic E-state index is 0.0984. The molecular weight excluding hydrogens is 346 g/mol. The Balaban J connectivity index is 1.57. The van der Waals surface area contributed by atoms with Crippen molar-refractivity contribution in [2.75, 3.05) is 11.4 Å². The number of carbonyl (C=O) groups excluding carboxylic acids is 1. The van der Waals surface area contributed by atoms with Gasteiger partial charge in [-0.05, 0) is 37.4 Å². The summed E-state index contributed by atoms with van der Waals surface area (Å²) in [7, 11) is 0. The second kappa shape index (κ2) is 6.48. The molecule has 1 atom stereocenters. The first-order chi connectivity index (χ1) is 13.6. The van der Waals surface area contributed by atoms with Crippen LogP contribution in [0, 0.1) is 0 Å². The van der Waals surface area contributed by atoms with Crippen LogP contribution in [-0.2, 0) is 4.79 Å². The fourth-order valence-corrected chi connectivity index (χ4v) is 4.45. The normalized spacial score (nSPS) is 17.3. The minimum atomic E-state index is 0.0984. The second-order valence-electron chi connectivity index (χ2n) is 7.83. The molecule has 0 spiro atoms. The van der Waals surface area contributed by atoms with Gasteiger partial charge >= 0.3 is 0 Å². The predicted molar refractivity (Wildman–Crippen MR) is 114 cm³/mol. The lowest BCUT2D eigenvalue weighted by molar-refractivity contribution is -0.117. The zero-order chi connectivity index (χ0) is 19.3. The number of aromatic nitrogens is 2. The van der Waals surface area contributed by atoms with Crippen LogP contribution in [0.3, 0.4) is 0 Å². The summed E-state index contributed by atoms with van der Waals surface area (Å²) in [5.41, 5.74) is 3.14. The molecule has 1 aromatic heterocycles. The molecule has 1 amide bonds. The highest BCUT2D eigenvalue weighted by Gasteiger charge is 2.35. The molecule has 1 saturated heterocycles. The zero-order valence-corrected chi connectivity index (χ0v) is 16.2. The van der Waals surface area contributed by atoms with Gasteiger partial charge in [-0.25, -0.2) is 4.98 Å². The van der Waals surface area contributed by atoms with Gasteiger partial charge in [0.1, 0.15) is 5.82 Å². The quantitative estimate of drug-likeness (QED) is 0.492. The smallest absolute Gasteiger partial charge is 0.227 e. The molecule has 28 heavy (non-hydrogen) atoms. The molecule has 0 N–H and O–H groups in total. The van der Waals surface area contributed by atoms with E-state index in [9.17, 15) is 4.79 Å². The van der Waals surface area contributed by atoms with Crippen LogP contribution in [0.5, 0.6) is 0 Å². The number of carbonyl (C=O) groups is 1. The number of para-hydroxylation sites is 2. The van der Waals surface area contributed by atoms with Gasteiger partial charge in [-0.3, -0.25) is 4.79 Å². The highest BCUT2D eigenvalue weighted by Crippen LogP contribution is 2.37. The largest absolute Gasteiger partial charge is 0.325 e. The molecule has 4 aromatic rings. The SMILES string of the molecule is CC(C)n1c(C2CC(=O)N(c3cccc4ccccc34)C2)nc2ccccc21. The average Bonchev–Trinajstić information content (AvgIpc) is 3.28. The predicted octanol–water partition coefficient (Wildman–Crippen LogP) is 5.29. The Morgan fingerprint density at radius 2 is 1.71 bits per heavy atom. The molecule has 0 radical (unpaired) electrons. The summed E-state index contributed by atoms with van der Waals surface area (Å²) in [6, 6.07) is 23.0. The van der Waals surface area contributed by atoms with Gasteiger partial charge in [-0.15, -0.1) is 0 Å². The summed E-state index contributed by atoms with van der Waals surface area (Å²) >= 11 is 0. The van der Waals surface area contributed by atoms with Crippen molar-refractivity contribution >= 4 is 33.4 Å². The summed E-state index contributed by atoms with van der Waals surface area (Å²) in [6.45, 7) is 5.02. The number of nitrogens with zero attached hydrogens (tertiary/aromatic N) is 3. The highest BCUT2D eigenvalue weighted by atomic mass is 16.2. The number of rotatable bonds is 3. The van der Waals surface area contributed by atoms with Crippen molar-refractivity contribution in [1.82, 2.24) is 9.55 Å². The monoisotopic (exact) mass is 369 g/mol. The van der Waals surface area contributed by atoms with Gasteiger partial charge in [-0.1, -0.05) is 48.5 Å². The Morgan fingerprint density at radius 1 is 0.964 bits per heavy atom. The number of benzene rings is 3. The lowest BCUT2D eigenvalue weighted by Crippen LogP contribution is -2.24. The van der Waals surface area contributed by atoms with Crippen LogP contribution in [-0.4, -0.2) is 22.0 Å². The van der Waals surface area contributed by atoms with Gasteiger partial charge in [-0.2, -0.15) is 0 Å². The third kappa shape index (κ3) is 2.60. The molecule has 5 rings (SSSR count). The van der Waals surface area contributed by atoms with Crippen LogP contribution in [0.1, 0.15) is 38.1 Å². The molecule has 1 aliphatic rings. The zero-order valence-electron chi connectivity index (χ0n) is 16.2. The van der Waals surface area contributed by atoms with Crippen LogP contribution in [0.25, 0.3) is 21.8 Å². The van der Waals surface area contributed by atoms with Crippen molar-refractivity contribution in [3.8, 4) is 0 Å². The fourth-order valence-electron chi connectivity index (χ4n) is 4.45. The van der Waals surface area contributed by atoms with E-state index in [2.05, 4.69) is 54.8 Å². The van der Waals surface area contributed by atoms with Gasteiger partial charge in [0.15, 0.2) is 0 Å². The lowest BCUT2D eigenvalue weighted by atomic mass is 10.1. The summed E-state index contributed by atoms with van der Waals surface area (Å²) in [6.07, 6.45) is 0.499. The first kappa shape index (κ1) is 17.0. The summed E-state index contributed by atoms with van der Waals surface area (Å²) < 4.78 is 2.29. The molecule has 0 saturated carbocycles. The Morgan fingerprint density at radius 3 is 2.57 bits per heavy atom. The molecule has 4 heteroatoms. The van der Waals surface area contributed by atoms with Crippen molar-refractivity contribution in [3.63, 3.8) is 0 Å². The van der Waals surface area contributed by atoms with Crippen LogP contribution < -0.4 is 4.90 Å². The third-order valence-corrected chi connectivity index (χ3v) is 5.69. The Hall–Kier alpha value is -3.14. The molecule has 0 aliphatic carbocycles. The molecular formula is C24H23N3O. The second-order valence-corrected chi connectivity index (χ2v) is 7.83. The molecule has 140 valence electrons. The topological polar surface area (TPSA) is 38.1 Å². The van der Waals surface area contributed by atoms with E-state index in [-0.39, 0.29) is 11.8 Å². The lowest BCUT2D eigenvalue weighted by Gasteiger charge is -2.20. The van der Waals surface area contributed by atoms with E-state index in [1.807, 2.05) is 35.2 Å². The summed E-state index contributed by atoms with van der Waals surface area (Å²) in [5, 5.41) is 2.28. The molecule has 3 aromatic carbocycles. The van der Waals surface area contributed by atoms with Crippen LogP contribution in [0.2, 0.25) is 0 Å². The average molecular weight is 369 g/mol. The maximum absolute atomic E-state index is 13.0. The number of anilines is 1. The molecule has 1 unspecified atom stereocenters. The number of amides is 1. The van der Waals surface area contributed by atoms with Crippen LogP contribution in [0.4, 0.5) is 5.69 Å². The standard InChI is InChI=1S/C24H23N3O/c1-16(2)27-22-12-6-5-11-20(22)25-24(27)18-14-23(28)26(15-18)21-13-7-9-17-8-3-4-10-19(17)21/h3-13,16,18H,14-15H2,1-2H3. The summed E-state index contributed by atoms with van der Waals surface area (Å²) in [5.74, 6) is 1.29. The minimum Gasteiger partial charge on any atom is -0.325 e. The van der Waals surface area contributed by atoms with E-state index in [0.717, 1.165) is 33.3 Å². The van der Waals surface area contributed by atoms with E-state index in [4.69, 9.17) is 4.98 Å². The summed E-state index contributed by atoms with van der Waals surface area (Å²) in [4.78, 5) is 19.9. The van der Waals surface area contributed by atoms with Gasteiger partial charge in [0, 0.05) is 30.3 Å². The first-order valence-corrected chi connectivity index (χ1v) is 9.88. The van der Waals surface area contributed by atoms with Gasteiger partial charge in [0.25, 0.3) is 0 Å². The molecule has 2 heterocycles. The van der Waals surface area contributed by atoms with Crippen molar-refractivity contribution < 1.29 is 4.79 Å². The maximum Gasteiger partial charge on any atom is 0.227 e. The van der Waals surface area contributed by atoms with Crippen LogP contribution >= 0.6 is 0 Å². The van der Waals surface area contributed by atoms with Crippen molar-refractivity contribution in [3.05, 3.63) is 72.6 Å². The van der Waals surface area contributed by atoms with Gasteiger partial charge in [0.2, 0.25) is 5.91 Å². The number of hydrogen-bond donors (Lipinski definition) is 0. The van der Waals surface area contributed by atoms with Crippen LogP contribution in [0.15, 0.2) is 66.7 Å². The molecule has 1 aliphatic heterocycles. The Labute approximate surface area is 164 Å². The number of hydrogen-bond acceptors (Lipinski definition) is 2. The first-order valence-electron chi connectivity index (χ1n) is 9.88. The highest BCUT2D eigenvalue weighted by molar-refractivity contribution is 6.05. The van der Waals surface area contributed by atoms with Crippen molar-refractivity contribution in [2.45, 2.75) is 32.2 Å². The Bertz CT molecular complexity index is 1190. The van der Waals surface area contributed by atoms with Gasteiger partial charge < -0.3 is 9.47 Å². The van der Waals surface area contributed by atoms with E-state index >= 15 is 0 Å². The number of fused-ring (bicyclic) bond motifs is 2. The third-order valence-electron chi connectivity index (χ3n) is 5.69. The molecule has 4 nitrogen and oxygen atoms in total. The Kier molecular flexibility index (Phi) is 3.93. The molecule has 1 fully saturated rings. The van der Waals surface area contributed by atoms with E-state index in [1.165, 1.54) is 0 Å². The number of imidazole rings is 1. The fraction of sp³-hybridized carbons (Fsp3) is 0.250. The van der Waals surface area contributed by atoms with Crippen molar-refractivity contribution in [1.29, 1.82) is 0 Å².